The number of urea groups is 1. The van der Waals surface area contributed by atoms with E-state index in [0.717, 1.165) is 41.9 Å². The molecule has 2 aromatic heterocycles. The van der Waals surface area contributed by atoms with Gasteiger partial charge in [-0.1, -0.05) is 18.6 Å². The van der Waals surface area contributed by atoms with Gasteiger partial charge in [0.1, 0.15) is 5.82 Å². The van der Waals surface area contributed by atoms with Gasteiger partial charge in [-0.3, -0.25) is 9.88 Å². The fourth-order valence-corrected chi connectivity index (χ4v) is 4.56. The van der Waals surface area contributed by atoms with Gasteiger partial charge in [0.15, 0.2) is 0 Å². The number of aromatic amines is 1. The standard InChI is InChI=1S/C23H28N6O/c1-15-9-10-17(14-24-15)26-23(30)25-16-11-12-29(18-5-4-6-18)21(13-16)22-27-19-7-2-3-8-20(19)28-22/h2-3,7-10,14,16,18,21H,4-6,11-13H2,1H3,(H,27,28)(H2,25,26,30)/t16-,21-/m1/s1. The molecule has 2 fully saturated rings. The van der Waals surface area contributed by atoms with Gasteiger partial charge in [0, 0.05) is 24.3 Å². The Hall–Kier alpha value is -2.93. The zero-order chi connectivity index (χ0) is 20.5. The lowest BCUT2D eigenvalue weighted by Crippen LogP contribution is -2.52. The Kier molecular flexibility index (Phi) is 5.12. The van der Waals surface area contributed by atoms with Gasteiger partial charge in [0.05, 0.1) is 29.0 Å². The molecule has 1 aliphatic heterocycles. The Balaban J connectivity index is 1.30. The van der Waals surface area contributed by atoms with Crippen molar-refractivity contribution in [3.8, 4) is 0 Å². The highest BCUT2D eigenvalue weighted by Gasteiger charge is 2.38. The molecule has 30 heavy (non-hydrogen) atoms. The number of aryl methyl sites for hydroxylation is 1. The van der Waals surface area contributed by atoms with E-state index < -0.39 is 0 Å². The lowest BCUT2D eigenvalue weighted by molar-refractivity contribution is 0.0374. The number of aromatic nitrogens is 3. The number of anilines is 1. The van der Waals surface area contributed by atoms with E-state index in [0.29, 0.717) is 11.7 Å². The molecule has 1 aliphatic carbocycles. The van der Waals surface area contributed by atoms with Gasteiger partial charge in [-0.15, -0.1) is 0 Å². The SMILES string of the molecule is Cc1ccc(NC(=O)N[C@@H]2CCN(C3CCC3)[C@@H](c3nc4ccccc4[nH]3)C2)cn1. The van der Waals surface area contributed by atoms with E-state index >= 15 is 0 Å². The van der Waals surface area contributed by atoms with Crippen molar-refractivity contribution < 1.29 is 4.79 Å². The van der Waals surface area contributed by atoms with Crippen molar-refractivity contribution in [3.63, 3.8) is 0 Å². The molecule has 5 rings (SSSR count). The Bertz CT molecular complexity index is 993. The van der Waals surface area contributed by atoms with Crippen LogP contribution < -0.4 is 10.6 Å². The number of amides is 2. The minimum absolute atomic E-state index is 0.109. The lowest BCUT2D eigenvalue weighted by Gasteiger charge is -2.46. The molecule has 2 aliphatic rings. The van der Waals surface area contributed by atoms with Gasteiger partial charge < -0.3 is 15.6 Å². The van der Waals surface area contributed by atoms with Gasteiger partial charge in [0.2, 0.25) is 0 Å². The van der Waals surface area contributed by atoms with E-state index in [1.807, 2.05) is 37.3 Å². The Morgan fingerprint density at radius 1 is 1.17 bits per heavy atom. The van der Waals surface area contributed by atoms with Crippen LogP contribution in [0.3, 0.4) is 0 Å². The minimum atomic E-state index is -0.175. The number of carbonyl (C=O) groups is 1. The van der Waals surface area contributed by atoms with Crippen LogP contribution in [0.15, 0.2) is 42.6 Å². The van der Waals surface area contributed by atoms with Crippen LogP contribution >= 0.6 is 0 Å². The number of rotatable bonds is 4. The molecule has 0 unspecified atom stereocenters. The Morgan fingerprint density at radius 2 is 2.03 bits per heavy atom. The fourth-order valence-electron chi connectivity index (χ4n) is 4.56. The number of piperidine rings is 1. The number of fused-ring (bicyclic) bond motifs is 1. The number of benzene rings is 1. The van der Waals surface area contributed by atoms with E-state index in [-0.39, 0.29) is 18.1 Å². The smallest absolute Gasteiger partial charge is 0.319 e. The molecule has 3 N–H and O–H groups in total. The van der Waals surface area contributed by atoms with Crippen LogP contribution in [0.1, 0.15) is 49.7 Å². The predicted molar refractivity (Wildman–Crippen MR) is 117 cm³/mol. The molecule has 0 radical (unpaired) electrons. The summed E-state index contributed by atoms with van der Waals surface area (Å²) in [5, 5.41) is 6.06. The predicted octanol–water partition coefficient (Wildman–Crippen LogP) is 4.15. The average Bonchev–Trinajstić information content (AvgIpc) is 3.13. The minimum Gasteiger partial charge on any atom is -0.341 e. The first-order chi connectivity index (χ1) is 14.7. The van der Waals surface area contributed by atoms with Crippen molar-refractivity contribution in [1.82, 2.24) is 25.2 Å². The first kappa shape index (κ1) is 19.1. The maximum absolute atomic E-state index is 12.5. The quantitative estimate of drug-likeness (QED) is 0.610. The number of imidazole rings is 1. The van der Waals surface area contributed by atoms with Gasteiger partial charge in [-0.2, -0.15) is 0 Å². The molecule has 0 bridgehead atoms. The van der Waals surface area contributed by atoms with Crippen LogP contribution in [0.2, 0.25) is 0 Å². The van der Waals surface area contributed by atoms with Crippen molar-refractivity contribution in [2.45, 2.75) is 57.2 Å². The summed E-state index contributed by atoms with van der Waals surface area (Å²) in [4.78, 5) is 27.8. The van der Waals surface area contributed by atoms with Crippen molar-refractivity contribution >= 4 is 22.8 Å². The summed E-state index contributed by atoms with van der Waals surface area (Å²) < 4.78 is 0. The molecule has 156 valence electrons. The zero-order valence-corrected chi connectivity index (χ0v) is 17.3. The van der Waals surface area contributed by atoms with Crippen LogP contribution in [0.5, 0.6) is 0 Å². The zero-order valence-electron chi connectivity index (χ0n) is 17.3. The summed E-state index contributed by atoms with van der Waals surface area (Å²) in [6.07, 6.45) is 7.32. The van der Waals surface area contributed by atoms with E-state index in [4.69, 9.17) is 4.98 Å². The molecule has 7 nitrogen and oxygen atoms in total. The molecule has 1 saturated carbocycles. The first-order valence-corrected chi connectivity index (χ1v) is 10.9. The summed E-state index contributed by atoms with van der Waals surface area (Å²) in [6, 6.07) is 12.7. The van der Waals surface area contributed by atoms with Crippen molar-refractivity contribution in [2.75, 3.05) is 11.9 Å². The van der Waals surface area contributed by atoms with Gasteiger partial charge in [-0.25, -0.2) is 9.78 Å². The number of H-pyrrole nitrogens is 1. The summed E-state index contributed by atoms with van der Waals surface area (Å²) >= 11 is 0. The topological polar surface area (TPSA) is 85.9 Å². The maximum atomic E-state index is 12.5. The Labute approximate surface area is 176 Å². The fraction of sp³-hybridized carbons (Fsp3) is 0.435. The van der Waals surface area contributed by atoms with Crippen LogP contribution in [0, 0.1) is 6.92 Å². The lowest BCUT2D eigenvalue weighted by atomic mass is 9.86. The monoisotopic (exact) mass is 404 g/mol. The molecule has 7 heteroatoms. The molecular formula is C23H28N6O. The number of hydrogen-bond acceptors (Lipinski definition) is 4. The van der Waals surface area contributed by atoms with Gasteiger partial charge in [0.25, 0.3) is 0 Å². The number of pyridine rings is 1. The largest absolute Gasteiger partial charge is 0.341 e. The van der Waals surface area contributed by atoms with Gasteiger partial charge >= 0.3 is 6.03 Å². The Morgan fingerprint density at radius 3 is 2.77 bits per heavy atom. The second kappa shape index (κ2) is 8.07. The molecule has 0 spiro atoms. The van der Waals surface area contributed by atoms with Crippen LogP contribution in [0.4, 0.5) is 10.5 Å². The third-order valence-corrected chi connectivity index (χ3v) is 6.42. The summed E-state index contributed by atoms with van der Waals surface area (Å²) in [5.74, 6) is 1.01. The summed E-state index contributed by atoms with van der Waals surface area (Å²) in [5.41, 5.74) is 3.71. The number of nitrogens with zero attached hydrogens (tertiary/aromatic N) is 3. The highest BCUT2D eigenvalue weighted by Crippen LogP contribution is 2.37. The van der Waals surface area contributed by atoms with E-state index in [1.165, 1.54) is 19.3 Å². The molecule has 1 saturated heterocycles. The molecule has 3 heterocycles. The number of likely N-dealkylation sites (tertiary alicyclic amines) is 1. The molecule has 3 aromatic rings. The van der Waals surface area contributed by atoms with Crippen LogP contribution in [0.25, 0.3) is 11.0 Å². The summed E-state index contributed by atoms with van der Waals surface area (Å²) in [6.45, 7) is 2.90. The highest BCUT2D eigenvalue weighted by atomic mass is 16.2. The first-order valence-electron chi connectivity index (χ1n) is 10.9. The second-order valence-electron chi connectivity index (χ2n) is 8.49. The number of carbonyl (C=O) groups excluding carboxylic acids is 1. The number of nitrogens with one attached hydrogen (secondary N) is 3. The van der Waals surface area contributed by atoms with Gasteiger partial charge in [-0.05, 0) is 56.9 Å². The molecule has 1 aromatic carbocycles. The molecular weight excluding hydrogens is 376 g/mol. The van der Waals surface area contributed by atoms with Crippen molar-refractivity contribution in [1.29, 1.82) is 0 Å². The third-order valence-electron chi connectivity index (χ3n) is 6.42. The third kappa shape index (κ3) is 3.89. The van der Waals surface area contributed by atoms with E-state index in [2.05, 4.69) is 31.6 Å². The molecule has 2 amide bonds. The number of para-hydroxylation sites is 2. The summed E-state index contributed by atoms with van der Waals surface area (Å²) in [7, 11) is 0. The van der Waals surface area contributed by atoms with Crippen molar-refractivity contribution in [2.24, 2.45) is 0 Å². The van der Waals surface area contributed by atoms with Crippen LogP contribution in [-0.4, -0.2) is 44.5 Å². The number of hydrogen-bond donors (Lipinski definition) is 3. The van der Waals surface area contributed by atoms with Crippen molar-refractivity contribution in [3.05, 3.63) is 54.1 Å². The second-order valence-corrected chi connectivity index (χ2v) is 8.49. The molecule has 2 atom stereocenters. The average molecular weight is 405 g/mol. The van der Waals surface area contributed by atoms with E-state index in [1.54, 1.807) is 6.20 Å². The van der Waals surface area contributed by atoms with E-state index in [9.17, 15) is 4.79 Å². The van der Waals surface area contributed by atoms with Crippen LogP contribution in [-0.2, 0) is 0 Å². The highest BCUT2D eigenvalue weighted by molar-refractivity contribution is 5.89. The maximum Gasteiger partial charge on any atom is 0.319 e. The normalized spacial score (nSPS) is 22.6.